The smallest absolute Gasteiger partial charge is 0.128 e. The highest BCUT2D eigenvalue weighted by Crippen LogP contribution is 2.21. The number of halogens is 1. The lowest BCUT2D eigenvalue weighted by molar-refractivity contribution is 0.625. The molecule has 0 amide bonds. The molecule has 0 aliphatic carbocycles. The summed E-state index contributed by atoms with van der Waals surface area (Å²) in [6.07, 6.45) is 0. The first kappa shape index (κ1) is 12.8. The Morgan fingerprint density at radius 3 is 2.50 bits per heavy atom. The second-order valence-electron chi connectivity index (χ2n) is 4.64. The molecule has 0 aliphatic rings. The number of aryl methyl sites for hydroxylation is 1. The molecule has 1 N–H and O–H groups in total. The maximum atomic E-state index is 13.2. The lowest BCUT2D eigenvalue weighted by Gasteiger charge is -2.07. The zero-order valence-electron chi connectivity index (χ0n) is 10.9. The molecule has 0 saturated carbocycles. The maximum absolute atomic E-state index is 13.2. The van der Waals surface area contributed by atoms with Gasteiger partial charge >= 0.3 is 0 Å². The first-order valence-electron chi connectivity index (χ1n) is 6.29. The summed E-state index contributed by atoms with van der Waals surface area (Å²) in [4.78, 5) is 0. The summed E-state index contributed by atoms with van der Waals surface area (Å²) in [5.41, 5.74) is 3.71. The fraction of sp³-hybridized carbons (Fsp3) is 0.0625. The SMILES string of the molecule is Cc1cc(F)ccc1-n1[nH]c(-c2ccccc2)cc1=S. The number of H-pyrrole nitrogens is 1. The minimum atomic E-state index is -0.243. The molecule has 4 heteroatoms. The Kier molecular flexibility index (Phi) is 3.24. The van der Waals surface area contributed by atoms with E-state index in [0.717, 1.165) is 22.5 Å². The number of nitrogens with one attached hydrogen (secondary N) is 1. The second-order valence-corrected chi connectivity index (χ2v) is 5.06. The molecule has 0 spiro atoms. The van der Waals surface area contributed by atoms with E-state index in [1.165, 1.54) is 12.1 Å². The summed E-state index contributed by atoms with van der Waals surface area (Å²) in [6, 6.07) is 16.5. The number of hydrogen-bond acceptors (Lipinski definition) is 1. The van der Waals surface area contributed by atoms with Crippen molar-refractivity contribution in [3.8, 4) is 16.9 Å². The molecule has 0 unspecified atom stereocenters. The summed E-state index contributed by atoms with van der Waals surface area (Å²) in [5, 5.41) is 3.26. The summed E-state index contributed by atoms with van der Waals surface area (Å²) in [5.74, 6) is -0.243. The predicted octanol–water partition coefficient (Wildman–Crippen LogP) is 4.65. The lowest BCUT2D eigenvalue weighted by atomic mass is 10.2. The highest BCUT2D eigenvalue weighted by Gasteiger charge is 2.07. The molecule has 3 rings (SSSR count). The van der Waals surface area contributed by atoms with Crippen molar-refractivity contribution in [1.82, 2.24) is 9.78 Å². The topological polar surface area (TPSA) is 20.7 Å². The van der Waals surface area contributed by atoms with Gasteiger partial charge < -0.3 is 0 Å². The lowest BCUT2D eigenvalue weighted by Crippen LogP contribution is -1.99. The van der Waals surface area contributed by atoms with Gasteiger partial charge in [-0.2, -0.15) is 0 Å². The first-order chi connectivity index (χ1) is 9.65. The van der Waals surface area contributed by atoms with E-state index in [-0.39, 0.29) is 5.82 Å². The van der Waals surface area contributed by atoms with Gasteiger partial charge in [-0.3, -0.25) is 5.10 Å². The van der Waals surface area contributed by atoms with Crippen molar-refractivity contribution in [3.63, 3.8) is 0 Å². The van der Waals surface area contributed by atoms with Crippen LogP contribution in [0.1, 0.15) is 5.56 Å². The van der Waals surface area contributed by atoms with Gasteiger partial charge in [-0.15, -0.1) is 0 Å². The van der Waals surface area contributed by atoms with E-state index in [0.29, 0.717) is 4.64 Å². The van der Waals surface area contributed by atoms with Crippen molar-refractivity contribution in [1.29, 1.82) is 0 Å². The van der Waals surface area contributed by atoms with Crippen molar-refractivity contribution in [3.05, 3.63) is 70.6 Å². The Bertz CT molecular complexity index is 803. The van der Waals surface area contributed by atoms with Crippen molar-refractivity contribution in [2.45, 2.75) is 6.92 Å². The Balaban J connectivity index is 2.12. The fourth-order valence-corrected chi connectivity index (χ4v) is 2.47. The van der Waals surface area contributed by atoms with Crippen LogP contribution < -0.4 is 0 Å². The number of rotatable bonds is 2. The van der Waals surface area contributed by atoms with Gasteiger partial charge in [-0.1, -0.05) is 42.5 Å². The zero-order chi connectivity index (χ0) is 14.1. The van der Waals surface area contributed by atoms with Crippen LogP contribution in [0.5, 0.6) is 0 Å². The molecule has 0 fully saturated rings. The third-order valence-corrected chi connectivity index (χ3v) is 3.51. The zero-order valence-corrected chi connectivity index (χ0v) is 11.7. The fourth-order valence-electron chi connectivity index (χ4n) is 2.21. The van der Waals surface area contributed by atoms with Crippen molar-refractivity contribution < 1.29 is 4.39 Å². The van der Waals surface area contributed by atoms with E-state index < -0.39 is 0 Å². The Morgan fingerprint density at radius 2 is 1.80 bits per heavy atom. The van der Waals surface area contributed by atoms with E-state index in [1.54, 1.807) is 10.7 Å². The molecular weight excluding hydrogens is 271 g/mol. The monoisotopic (exact) mass is 284 g/mol. The molecule has 1 aromatic heterocycles. The molecule has 3 aromatic rings. The van der Waals surface area contributed by atoms with E-state index >= 15 is 0 Å². The van der Waals surface area contributed by atoms with Gasteiger partial charge in [-0.25, -0.2) is 9.07 Å². The predicted molar refractivity (Wildman–Crippen MR) is 81.1 cm³/mol. The van der Waals surface area contributed by atoms with E-state index in [2.05, 4.69) is 5.10 Å². The highest BCUT2D eigenvalue weighted by atomic mass is 32.1. The van der Waals surface area contributed by atoms with Gasteiger partial charge in [0.2, 0.25) is 0 Å². The van der Waals surface area contributed by atoms with Crippen LogP contribution in [0.2, 0.25) is 0 Å². The molecule has 0 bridgehead atoms. The van der Waals surface area contributed by atoms with Crippen LogP contribution in [-0.2, 0) is 0 Å². The number of nitrogens with zero attached hydrogens (tertiary/aromatic N) is 1. The van der Waals surface area contributed by atoms with Crippen LogP contribution in [0.15, 0.2) is 54.6 Å². The summed E-state index contributed by atoms with van der Waals surface area (Å²) < 4.78 is 15.7. The summed E-state index contributed by atoms with van der Waals surface area (Å²) in [7, 11) is 0. The van der Waals surface area contributed by atoms with Gasteiger partial charge in [0.1, 0.15) is 10.5 Å². The Hall–Kier alpha value is -2.20. The first-order valence-corrected chi connectivity index (χ1v) is 6.70. The summed E-state index contributed by atoms with van der Waals surface area (Å²) in [6.45, 7) is 1.86. The molecule has 2 aromatic carbocycles. The standard InChI is InChI=1S/C16H13FN2S/c1-11-9-13(17)7-8-15(11)19-16(20)10-14(18-19)12-5-3-2-4-6-12/h2-10,18H,1H3. The van der Waals surface area contributed by atoms with Crippen LogP contribution in [0, 0.1) is 17.4 Å². The van der Waals surface area contributed by atoms with Crippen LogP contribution in [0.4, 0.5) is 4.39 Å². The van der Waals surface area contributed by atoms with Crippen LogP contribution in [-0.4, -0.2) is 9.78 Å². The molecule has 0 atom stereocenters. The quantitative estimate of drug-likeness (QED) is 0.679. The number of aromatic amines is 1. The minimum Gasteiger partial charge on any atom is -0.292 e. The average molecular weight is 284 g/mol. The van der Waals surface area contributed by atoms with E-state index in [9.17, 15) is 4.39 Å². The third-order valence-electron chi connectivity index (χ3n) is 3.20. The molecule has 100 valence electrons. The average Bonchev–Trinajstić information content (AvgIpc) is 2.82. The molecule has 1 heterocycles. The normalized spacial score (nSPS) is 10.7. The van der Waals surface area contributed by atoms with Crippen molar-refractivity contribution >= 4 is 12.2 Å². The second kappa shape index (κ2) is 5.06. The summed E-state index contributed by atoms with van der Waals surface area (Å²) >= 11 is 5.39. The highest BCUT2D eigenvalue weighted by molar-refractivity contribution is 7.71. The third kappa shape index (κ3) is 2.30. The maximum Gasteiger partial charge on any atom is 0.128 e. The minimum absolute atomic E-state index is 0.243. The van der Waals surface area contributed by atoms with Crippen LogP contribution >= 0.6 is 12.2 Å². The Morgan fingerprint density at radius 1 is 1.05 bits per heavy atom. The van der Waals surface area contributed by atoms with E-state index in [4.69, 9.17) is 12.2 Å². The van der Waals surface area contributed by atoms with Gasteiger partial charge in [-0.05, 0) is 36.2 Å². The van der Waals surface area contributed by atoms with Crippen molar-refractivity contribution in [2.75, 3.05) is 0 Å². The van der Waals surface area contributed by atoms with Gasteiger partial charge in [0.05, 0.1) is 11.4 Å². The van der Waals surface area contributed by atoms with Crippen LogP contribution in [0.25, 0.3) is 16.9 Å². The molecule has 0 aliphatic heterocycles. The van der Waals surface area contributed by atoms with E-state index in [1.807, 2.05) is 43.3 Å². The van der Waals surface area contributed by atoms with Crippen molar-refractivity contribution in [2.24, 2.45) is 0 Å². The van der Waals surface area contributed by atoms with Gasteiger partial charge in [0.15, 0.2) is 0 Å². The van der Waals surface area contributed by atoms with Gasteiger partial charge in [0.25, 0.3) is 0 Å². The van der Waals surface area contributed by atoms with Crippen LogP contribution in [0.3, 0.4) is 0 Å². The van der Waals surface area contributed by atoms with Gasteiger partial charge in [0, 0.05) is 6.07 Å². The molecule has 2 nitrogen and oxygen atoms in total. The molecule has 0 radical (unpaired) electrons. The largest absolute Gasteiger partial charge is 0.292 e. The number of benzene rings is 2. The number of hydrogen-bond donors (Lipinski definition) is 1. The molecule has 0 saturated heterocycles. The number of aromatic nitrogens is 2. The Labute approximate surface area is 121 Å². The molecular formula is C16H13FN2S. The molecule has 20 heavy (non-hydrogen) atoms.